The summed E-state index contributed by atoms with van der Waals surface area (Å²) in [4.78, 5) is 1.99. The van der Waals surface area contributed by atoms with Crippen LogP contribution in [0.5, 0.6) is 0 Å². The Morgan fingerprint density at radius 3 is 2.61 bits per heavy atom. The first kappa shape index (κ1) is 12.9. The first-order chi connectivity index (χ1) is 8.65. The molecular formula is C16H21NO. The van der Waals surface area contributed by atoms with Crippen molar-refractivity contribution >= 4 is 0 Å². The fourth-order valence-corrected chi connectivity index (χ4v) is 2.54. The molecule has 1 aromatic carbocycles. The number of nitrogens with zero attached hydrogens (tertiary/aromatic N) is 1. The molecule has 0 amide bonds. The third kappa shape index (κ3) is 2.34. The minimum absolute atomic E-state index is 0.138. The molecule has 1 aromatic rings. The molecule has 0 saturated heterocycles. The van der Waals surface area contributed by atoms with Crippen LogP contribution in [0.2, 0.25) is 0 Å². The van der Waals surface area contributed by atoms with E-state index >= 15 is 0 Å². The van der Waals surface area contributed by atoms with Gasteiger partial charge in [-0.15, -0.1) is 0 Å². The van der Waals surface area contributed by atoms with E-state index in [2.05, 4.69) is 32.6 Å². The SMILES string of the molecule is C=C1C=C(CCC)C(O)N1[C@@H](C)c1ccccc1. The maximum atomic E-state index is 10.4. The topological polar surface area (TPSA) is 23.5 Å². The van der Waals surface area contributed by atoms with Gasteiger partial charge in [0, 0.05) is 5.70 Å². The number of rotatable bonds is 4. The molecule has 2 heteroatoms. The van der Waals surface area contributed by atoms with Crippen molar-refractivity contribution in [1.82, 2.24) is 4.90 Å². The second kappa shape index (κ2) is 5.40. The molecule has 0 fully saturated rings. The first-order valence-electron chi connectivity index (χ1n) is 6.56. The van der Waals surface area contributed by atoms with Gasteiger partial charge in [-0.3, -0.25) is 0 Å². The zero-order valence-electron chi connectivity index (χ0n) is 11.1. The summed E-state index contributed by atoms with van der Waals surface area (Å²) < 4.78 is 0. The number of benzene rings is 1. The van der Waals surface area contributed by atoms with Gasteiger partial charge in [0.05, 0.1) is 6.04 Å². The highest BCUT2D eigenvalue weighted by Gasteiger charge is 2.30. The lowest BCUT2D eigenvalue weighted by atomic mass is 10.1. The predicted octanol–water partition coefficient (Wildman–Crippen LogP) is 3.62. The van der Waals surface area contributed by atoms with Gasteiger partial charge in [0.15, 0.2) is 0 Å². The quantitative estimate of drug-likeness (QED) is 0.873. The van der Waals surface area contributed by atoms with Gasteiger partial charge in [0.2, 0.25) is 0 Å². The summed E-state index contributed by atoms with van der Waals surface area (Å²) in [6, 6.07) is 10.4. The molecule has 2 nitrogen and oxygen atoms in total. The Labute approximate surface area is 109 Å². The van der Waals surface area contributed by atoms with E-state index < -0.39 is 6.23 Å². The average Bonchev–Trinajstić information content (AvgIpc) is 2.65. The molecule has 1 unspecified atom stereocenters. The predicted molar refractivity (Wildman–Crippen MR) is 74.8 cm³/mol. The Morgan fingerprint density at radius 1 is 1.33 bits per heavy atom. The van der Waals surface area contributed by atoms with Crippen LogP contribution in [0.15, 0.2) is 54.3 Å². The van der Waals surface area contributed by atoms with Gasteiger partial charge >= 0.3 is 0 Å². The van der Waals surface area contributed by atoms with Gasteiger partial charge in [0.1, 0.15) is 6.23 Å². The van der Waals surface area contributed by atoms with Crippen molar-refractivity contribution in [3.05, 3.63) is 59.8 Å². The van der Waals surface area contributed by atoms with Crippen molar-refractivity contribution in [1.29, 1.82) is 0 Å². The number of hydrogen-bond donors (Lipinski definition) is 1. The Hall–Kier alpha value is -1.54. The normalized spacial score (nSPS) is 21.1. The van der Waals surface area contributed by atoms with Gasteiger partial charge < -0.3 is 10.0 Å². The van der Waals surface area contributed by atoms with E-state index in [0.29, 0.717) is 0 Å². The highest BCUT2D eigenvalue weighted by Crippen LogP contribution is 2.35. The van der Waals surface area contributed by atoms with Crippen LogP contribution in [0, 0.1) is 0 Å². The van der Waals surface area contributed by atoms with Crippen molar-refractivity contribution in [3.63, 3.8) is 0 Å². The Balaban J connectivity index is 2.18. The molecular weight excluding hydrogens is 222 g/mol. The zero-order chi connectivity index (χ0) is 13.1. The number of hydrogen-bond acceptors (Lipinski definition) is 2. The van der Waals surface area contributed by atoms with Crippen LogP contribution in [-0.4, -0.2) is 16.2 Å². The second-order valence-corrected chi connectivity index (χ2v) is 4.83. The van der Waals surface area contributed by atoms with Crippen molar-refractivity contribution in [2.45, 2.75) is 39.0 Å². The van der Waals surface area contributed by atoms with Crippen molar-refractivity contribution < 1.29 is 5.11 Å². The second-order valence-electron chi connectivity index (χ2n) is 4.83. The molecule has 0 aromatic heterocycles. The van der Waals surface area contributed by atoms with E-state index in [0.717, 1.165) is 24.1 Å². The summed E-state index contributed by atoms with van der Waals surface area (Å²) in [7, 11) is 0. The summed E-state index contributed by atoms with van der Waals surface area (Å²) >= 11 is 0. The van der Waals surface area contributed by atoms with E-state index in [1.54, 1.807) is 0 Å². The third-order valence-electron chi connectivity index (χ3n) is 3.52. The molecule has 2 atom stereocenters. The summed E-state index contributed by atoms with van der Waals surface area (Å²) in [6.45, 7) is 8.28. The molecule has 1 heterocycles. The molecule has 1 aliphatic heterocycles. The summed E-state index contributed by atoms with van der Waals surface area (Å²) in [6.07, 6.45) is 3.47. The maximum absolute atomic E-state index is 10.4. The molecule has 0 spiro atoms. The fraction of sp³-hybridized carbons (Fsp3) is 0.375. The molecule has 18 heavy (non-hydrogen) atoms. The van der Waals surface area contributed by atoms with Crippen molar-refractivity contribution in [2.24, 2.45) is 0 Å². The molecule has 1 aliphatic rings. The minimum Gasteiger partial charge on any atom is -0.370 e. The lowest BCUT2D eigenvalue weighted by molar-refractivity contribution is 0.0450. The van der Waals surface area contributed by atoms with Crippen molar-refractivity contribution in [2.75, 3.05) is 0 Å². The Bertz CT molecular complexity index is 449. The summed E-state index contributed by atoms with van der Waals surface area (Å²) in [5, 5.41) is 10.4. The average molecular weight is 243 g/mol. The fourth-order valence-electron chi connectivity index (χ4n) is 2.54. The molecule has 96 valence electrons. The van der Waals surface area contributed by atoms with Gasteiger partial charge in [-0.05, 0) is 30.6 Å². The van der Waals surface area contributed by atoms with E-state index in [9.17, 15) is 5.11 Å². The van der Waals surface area contributed by atoms with Crippen LogP contribution in [-0.2, 0) is 0 Å². The lowest BCUT2D eigenvalue weighted by Gasteiger charge is -2.32. The summed E-state index contributed by atoms with van der Waals surface area (Å²) in [5.74, 6) is 0. The monoisotopic (exact) mass is 243 g/mol. The molecule has 0 saturated carbocycles. The van der Waals surface area contributed by atoms with Gasteiger partial charge in [-0.2, -0.15) is 0 Å². The van der Waals surface area contributed by atoms with Crippen LogP contribution in [0.3, 0.4) is 0 Å². The number of aliphatic hydroxyl groups excluding tert-OH is 1. The maximum Gasteiger partial charge on any atom is 0.150 e. The van der Waals surface area contributed by atoms with E-state index in [4.69, 9.17) is 0 Å². The van der Waals surface area contributed by atoms with E-state index in [1.807, 2.05) is 29.2 Å². The van der Waals surface area contributed by atoms with Gasteiger partial charge in [0.25, 0.3) is 0 Å². The molecule has 0 radical (unpaired) electrons. The van der Waals surface area contributed by atoms with E-state index in [1.165, 1.54) is 5.56 Å². The zero-order valence-corrected chi connectivity index (χ0v) is 11.1. The van der Waals surface area contributed by atoms with Crippen LogP contribution >= 0.6 is 0 Å². The molecule has 1 N–H and O–H groups in total. The standard InChI is InChI=1S/C16H21NO/c1-4-8-15-11-12(2)17(16(15)18)13(3)14-9-6-5-7-10-14/h5-7,9-11,13,16,18H,2,4,8H2,1,3H3/t13-,16?/m0/s1. The molecule has 0 bridgehead atoms. The Kier molecular flexibility index (Phi) is 3.87. The van der Waals surface area contributed by atoms with E-state index in [-0.39, 0.29) is 6.04 Å². The van der Waals surface area contributed by atoms with Gasteiger partial charge in [-0.25, -0.2) is 0 Å². The summed E-state index contributed by atoms with van der Waals surface area (Å²) in [5.41, 5.74) is 3.18. The Morgan fingerprint density at radius 2 is 2.00 bits per heavy atom. The van der Waals surface area contributed by atoms with Crippen LogP contribution in [0.1, 0.15) is 38.3 Å². The van der Waals surface area contributed by atoms with Crippen molar-refractivity contribution in [3.8, 4) is 0 Å². The third-order valence-corrected chi connectivity index (χ3v) is 3.52. The molecule has 0 aliphatic carbocycles. The van der Waals surface area contributed by atoms with Gasteiger partial charge in [-0.1, -0.05) is 50.3 Å². The van der Waals surface area contributed by atoms with Crippen LogP contribution in [0.4, 0.5) is 0 Å². The largest absolute Gasteiger partial charge is 0.370 e. The van der Waals surface area contributed by atoms with Crippen LogP contribution in [0.25, 0.3) is 0 Å². The smallest absolute Gasteiger partial charge is 0.150 e. The minimum atomic E-state index is -0.521. The number of aliphatic hydroxyl groups is 1. The van der Waals surface area contributed by atoms with Crippen LogP contribution < -0.4 is 0 Å². The molecule has 2 rings (SSSR count). The first-order valence-corrected chi connectivity index (χ1v) is 6.56. The highest BCUT2D eigenvalue weighted by atomic mass is 16.3. The lowest BCUT2D eigenvalue weighted by Crippen LogP contribution is -2.32. The highest BCUT2D eigenvalue weighted by molar-refractivity contribution is 5.33. The number of allylic oxidation sites excluding steroid dienone is 1.